The first-order valence-corrected chi connectivity index (χ1v) is 6.89. The topological polar surface area (TPSA) is 60.2 Å². The standard InChI is InChI=1S/C16H14ClNO3/c17-15-8-6-13(7-9-15)16(19)10-14(11-18(20)21)12-4-2-1-3-5-12/h1-9,14H,10-11H2. The van der Waals surface area contributed by atoms with Crippen LogP contribution in [0.5, 0.6) is 0 Å². The number of Topliss-reactive ketones (excluding diaryl/α,β-unsaturated/α-hetero) is 1. The Bertz CT molecular complexity index is 626. The molecule has 0 aliphatic rings. The first-order chi connectivity index (χ1) is 10.1. The van der Waals surface area contributed by atoms with E-state index in [0.717, 1.165) is 5.56 Å². The summed E-state index contributed by atoms with van der Waals surface area (Å²) in [6.45, 7) is -0.261. The minimum absolute atomic E-state index is 0.104. The molecule has 0 saturated carbocycles. The van der Waals surface area contributed by atoms with Crippen LogP contribution in [0.2, 0.25) is 5.02 Å². The van der Waals surface area contributed by atoms with E-state index in [0.29, 0.717) is 10.6 Å². The number of carbonyl (C=O) groups is 1. The molecule has 2 aromatic carbocycles. The molecule has 4 nitrogen and oxygen atoms in total. The van der Waals surface area contributed by atoms with Gasteiger partial charge in [0.15, 0.2) is 5.78 Å². The summed E-state index contributed by atoms with van der Waals surface area (Å²) in [4.78, 5) is 22.7. The zero-order valence-electron chi connectivity index (χ0n) is 11.2. The van der Waals surface area contributed by atoms with E-state index in [1.165, 1.54) is 0 Å². The first kappa shape index (κ1) is 15.2. The Hall–Kier alpha value is -2.20. The lowest BCUT2D eigenvalue weighted by molar-refractivity contribution is -0.483. The molecule has 0 bridgehead atoms. The lowest BCUT2D eigenvalue weighted by Crippen LogP contribution is -2.16. The molecule has 0 amide bonds. The van der Waals surface area contributed by atoms with Gasteiger partial charge in [-0.3, -0.25) is 14.9 Å². The Kier molecular flexibility index (Phi) is 5.06. The highest BCUT2D eigenvalue weighted by atomic mass is 35.5. The molecule has 0 heterocycles. The zero-order valence-corrected chi connectivity index (χ0v) is 12.0. The summed E-state index contributed by atoms with van der Waals surface area (Å²) in [5, 5.41) is 11.4. The van der Waals surface area contributed by atoms with Crippen molar-refractivity contribution in [3.05, 3.63) is 80.9 Å². The predicted octanol–water partition coefficient (Wildman–Crippen LogP) is 3.97. The van der Waals surface area contributed by atoms with Crippen molar-refractivity contribution >= 4 is 17.4 Å². The van der Waals surface area contributed by atoms with Crippen LogP contribution >= 0.6 is 11.6 Å². The van der Waals surface area contributed by atoms with Crippen LogP contribution < -0.4 is 0 Å². The van der Waals surface area contributed by atoms with Crippen molar-refractivity contribution < 1.29 is 9.72 Å². The molecule has 0 spiro atoms. The average molecular weight is 304 g/mol. The van der Waals surface area contributed by atoms with Crippen molar-refractivity contribution in [2.45, 2.75) is 12.3 Å². The van der Waals surface area contributed by atoms with E-state index in [2.05, 4.69) is 0 Å². The largest absolute Gasteiger partial charge is 0.294 e. The van der Waals surface area contributed by atoms with Gasteiger partial charge in [-0.1, -0.05) is 41.9 Å². The van der Waals surface area contributed by atoms with Crippen molar-refractivity contribution in [3.63, 3.8) is 0 Å². The summed E-state index contributed by atoms with van der Waals surface area (Å²) >= 11 is 5.79. The van der Waals surface area contributed by atoms with Gasteiger partial charge < -0.3 is 0 Å². The summed E-state index contributed by atoms with van der Waals surface area (Å²) in [7, 11) is 0. The van der Waals surface area contributed by atoms with Gasteiger partial charge in [0.05, 0.1) is 5.92 Å². The molecule has 0 aliphatic heterocycles. The van der Waals surface area contributed by atoms with Gasteiger partial charge in [-0.25, -0.2) is 0 Å². The van der Waals surface area contributed by atoms with E-state index < -0.39 is 5.92 Å². The van der Waals surface area contributed by atoms with Crippen LogP contribution in [-0.4, -0.2) is 17.3 Å². The summed E-state index contributed by atoms with van der Waals surface area (Å²) in [5.41, 5.74) is 1.32. The Labute approximate surface area is 127 Å². The molecule has 21 heavy (non-hydrogen) atoms. The summed E-state index contributed by atoms with van der Waals surface area (Å²) < 4.78 is 0. The van der Waals surface area contributed by atoms with E-state index in [-0.39, 0.29) is 23.7 Å². The third-order valence-electron chi connectivity index (χ3n) is 3.24. The number of nitro groups is 1. The highest BCUT2D eigenvalue weighted by Gasteiger charge is 2.22. The van der Waals surface area contributed by atoms with E-state index in [4.69, 9.17) is 11.6 Å². The summed E-state index contributed by atoms with van der Waals surface area (Å²) in [6.07, 6.45) is 0.104. The third kappa shape index (κ3) is 4.39. The number of halogens is 1. The minimum atomic E-state index is -0.427. The Balaban J connectivity index is 2.17. The number of hydrogen-bond acceptors (Lipinski definition) is 3. The Morgan fingerprint density at radius 3 is 2.29 bits per heavy atom. The molecular formula is C16H14ClNO3. The molecular weight excluding hydrogens is 290 g/mol. The van der Waals surface area contributed by atoms with E-state index in [9.17, 15) is 14.9 Å². The van der Waals surface area contributed by atoms with E-state index >= 15 is 0 Å². The van der Waals surface area contributed by atoms with Crippen LogP contribution in [0.25, 0.3) is 0 Å². The first-order valence-electron chi connectivity index (χ1n) is 6.52. The highest BCUT2D eigenvalue weighted by molar-refractivity contribution is 6.30. The maximum atomic E-state index is 12.3. The molecule has 108 valence electrons. The third-order valence-corrected chi connectivity index (χ3v) is 3.49. The van der Waals surface area contributed by atoms with Crippen molar-refractivity contribution in [1.82, 2.24) is 0 Å². The quantitative estimate of drug-likeness (QED) is 0.461. The summed E-state index contributed by atoms with van der Waals surface area (Å²) in [5.74, 6) is -0.549. The van der Waals surface area contributed by atoms with E-state index in [1.54, 1.807) is 24.3 Å². The molecule has 0 saturated heterocycles. The van der Waals surface area contributed by atoms with Crippen molar-refractivity contribution in [2.75, 3.05) is 6.54 Å². The fraction of sp³-hybridized carbons (Fsp3) is 0.188. The molecule has 5 heteroatoms. The lowest BCUT2D eigenvalue weighted by atomic mass is 9.91. The number of ketones is 1. The van der Waals surface area contributed by atoms with Gasteiger partial charge in [0.1, 0.15) is 0 Å². The highest BCUT2D eigenvalue weighted by Crippen LogP contribution is 2.22. The fourth-order valence-electron chi connectivity index (χ4n) is 2.17. The van der Waals surface area contributed by atoms with E-state index in [1.807, 2.05) is 30.3 Å². The second-order valence-electron chi connectivity index (χ2n) is 4.76. The molecule has 0 radical (unpaired) electrons. The van der Waals surface area contributed by atoms with Crippen LogP contribution in [0.4, 0.5) is 0 Å². The number of benzene rings is 2. The van der Waals surface area contributed by atoms with Gasteiger partial charge in [0.2, 0.25) is 6.54 Å². The molecule has 0 N–H and O–H groups in total. The van der Waals surface area contributed by atoms with Crippen LogP contribution in [0.15, 0.2) is 54.6 Å². The molecule has 1 unspecified atom stereocenters. The van der Waals surface area contributed by atoms with Gasteiger partial charge in [0, 0.05) is 21.9 Å². The van der Waals surface area contributed by atoms with Crippen molar-refractivity contribution in [2.24, 2.45) is 0 Å². The molecule has 0 fully saturated rings. The van der Waals surface area contributed by atoms with Gasteiger partial charge in [0.25, 0.3) is 0 Å². The van der Waals surface area contributed by atoms with Crippen molar-refractivity contribution in [1.29, 1.82) is 0 Å². The maximum absolute atomic E-state index is 12.3. The fourth-order valence-corrected chi connectivity index (χ4v) is 2.30. The van der Waals surface area contributed by atoms with Crippen molar-refractivity contribution in [3.8, 4) is 0 Å². The van der Waals surface area contributed by atoms with Crippen LogP contribution in [0, 0.1) is 10.1 Å². The molecule has 0 aliphatic carbocycles. The maximum Gasteiger partial charge on any atom is 0.211 e. The Morgan fingerprint density at radius 1 is 1.10 bits per heavy atom. The van der Waals surface area contributed by atoms with Crippen LogP contribution in [-0.2, 0) is 0 Å². The van der Waals surface area contributed by atoms with Crippen LogP contribution in [0.1, 0.15) is 28.3 Å². The average Bonchev–Trinajstić information content (AvgIpc) is 2.47. The second kappa shape index (κ2) is 6.99. The zero-order chi connectivity index (χ0) is 15.2. The number of hydrogen-bond donors (Lipinski definition) is 0. The Morgan fingerprint density at radius 2 is 1.71 bits per heavy atom. The number of carbonyl (C=O) groups excluding carboxylic acids is 1. The monoisotopic (exact) mass is 303 g/mol. The van der Waals surface area contributed by atoms with Gasteiger partial charge in [-0.15, -0.1) is 0 Å². The number of nitrogens with zero attached hydrogens (tertiary/aromatic N) is 1. The van der Waals surface area contributed by atoms with Gasteiger partial charge in [-0.2, -0.15) is 0 Å². The van der Waals surface area contributed by atoms with Gasteiger partial charge in [-0.05, 0) is 29.8 Å². The molecule has 2 aromatic rings. The molecule has 2 rings (SSSR count). The predicted molar refractivity (Wildman–Crippen MR) is 81.4 cm³/mol. The van der Waals surface area contributed by atoms with Crippen LogP contribution in [0.3, 0.4) is 0 Å². The molecule has 0 aromatic heterocycles. The van der Waals surface area contributed by atoms with Gasteiger partial charge >= 0.3 is 0 Å². The minimum Gasteiger partial charge on any atom is -0.294 e. The molecule has 1 atom stereocenters. The number of rotatable bonds is 6. The normalized spacial score (nSPS) is 11.9. The second-order valence-corrected chi connectivity index (χ2v) is 5.19. The summed E-state index contributed by atoms with van der Waals surface area (Å²) in [6, 6.07) is 15.6. The lowest BCUT2D eigenvalue weighted by Gasteiger charge is -2.12. The SMILES string of the molecule is O=C(CC(C[N+](=O)[O-])c1ccccc1)c1ccc(Cl)cc1. The smallest absolute Gasteiger partial charge is 0.211 e.